The summed E-state index contributed by atoms with van der Waals surface area (Å²) in [6.07, 6.45) is 1.67. The Bertz CT molecular complexity index is 477. The number of hydrogen-bond acceptors (Lipinski definition) is 3. The van der Waals surface area contributed by atoms with Gasteiger partial charge >= 0.3 is 0 Å². The molecule has 1 fully saturated rings. The molecule has 0 unspecified atom stereocenters. The van der Waals surface area contributed by atoms with E-state index >= 15 is 0 Å². The predicted octanol–water partition coefficient (Wildman–Crippen LogP) is 2.11. The van der Waals surface area contributed by atoms with E-state index in [0.29, 0.717) is 6.54 Å². The molecule has 0 spiro atoms. The molecule has 114 valence electrons. The highest BCUT2D eigenvalue weighted by atomic mass is 16.2. The number of likely N-dealkylation sites (tertiary alicyclic amines) is 1. The molecular formula is C17H24N2O2. The molecule has 1 N–H and O–H groups in total. The molecule has 2 rings (SSSR count). The number of amides is 1. The molecule has 1 saturated heterocycles. The molecule has 1 aliphatic rings. The minimum atomic E-state index is 0.0674. The second kappa shape index (κ2) is 7.36. The van der Waals surface area contributed by atoms with E-state index < -0.39 is 0 Å². The minimum Gasteiger partial charge on any atom is -0.353 e. The van der Waals surface area contributed by atoms with Gasteiger partial charge in [-0.05, 0) is 39.8 Å². The van der Waals surface area contributed by atoms with Crippen LogP contribution < -0.4 is 5.32 Å². The van der Waals surface area contributed by atoms with Crippen LogP contribution >= 0.6 is 0 Å². The molecule has 1 aliphatic heterocycles. The Morgan fingerprint density at radius 2 is 1.81 bits per heavy atom. The fourth-order valence-corrected chi connectivity index (χ4v) is 2.76. The lowest BCUT2D eigenvalue weighted by Crippen LogP contribution is -2.44. The van der Waals surface area contributed by atoms with Crippen LogP contribution in [0.4, 0.5) is 0 Å². The number of Topliss-reactive ketones (excluding diaryl/α,β-unsaturated/α-hetero) is 1. The summed E-state index contributed by atoms with van der Waals surface area (Å²) in [6, 6.07) is 9.66. The van der Waals surface area contributed by atoms with Crippen molar-refractivity contribution in [1.82, 2.24) is 10.2 Å². The Kier molecular flexibility index (Phi) is 5.51. The van der Waals surface area contributed by atoms with Gasteiger partial charge in [0.2, 0.25) is 5.91 Å². The van der Waals surface area contributed by atoms with Crippen molar-refractivity contribution in [2.75, 3.05) is 19.6 Å². The molecule has 0 bridgehead atoms. The zero-order valence-electron chi connectivity index (χ0n) is 12.8. The monoisotopic (exact) mass is 288 g/mol. The summed E-state index contributed by atoms with van der Waals surface area (Å²) in [7, 11) is 0. The van der Waals surface area contributed by atoms with E-state index in [-0.39, 0.29) is 23.7 Å². The Labute approximate surface area is 126 Å². The second-order valence-electron chi connectivity index (χ2n) is 6.00. The fraction of sp³-hybridized carbons (Fsp3) is 0.529. The SMILES string of the molecule is CC(C)NC(=O)CN1CCC(C(=O)c2ccccc2)CC1. The van der Waals surface area contributed by atoms with E-state index in [2.05, 4.69) is 10.2 Å². The molecule has 0 atom stereocenters. The molecule has 4 nitrogen and oxygen atoms in total. The molecule has 1 aromatic carbocycles. The van der Waals surface area contributed by atoms with Gasteiger partial charge in [0.05, 0.1) is 6.54 Å². The number of carbonyl (C=O) groups excluding carboxylic acids is 2. The average molecular weight is 288 g/mol. The summed E-state index contributed by atoms with van der Waals surface area (Å²) in [5, 5.41) is 2.90. The molecule has 4 heteroatoms. The van der Waals surface area contributed by atoms with Gasteiger partial charge in [-0.15, -0.1) is 0 Å². The van der Waals surface area contributed by atoms with E-state index in [0.717, 1.165) is 31.5 Å². The first-order chi connectivity index (χ1) is 10.1. The number of ketones is 1. The number of hydrogen-bond donors (Lipinski definition) is 1. The molecule has 0 aliphatic carbocycles. The normalized spacial score (nSPS) is 16.9. The number of benzene rings is 1. The van der Waals surface area contributed by atoms with Gasteiger partial charge in [-0.25, -0.2) is 0 Å². The van der Waals surface area contributed by atoms with Crippen molar-refractivity contribution in [1.29, 1.82) is 0 Å². The van der Waals surface area contributed by atoms with Gasteiger partial charge in [0.15, 0.2) is 5.78 Å². The third kappa shape index (κ3) is 4.67. The van der Waals surface area contributed by atoms with E-state index in [1.165, 1.54) is 0 Å². The Hall–Kier alpha value is -1.68. The number of nitrogens with one attached hydrogen (secondary N) is 1. The van der Waals surface area contributed by atoms with E-state index in [1.54, 1.807) is 0 Å². The maximum atomic E-state index is 12.4. The van der Waals surface area contributed by atoms with Gasteiger partial charge in [-0.2, -0.15) is 0 Å². The minimum absolute atomic E-state index is 0.0674. The maximum Gasteiger partial charge on any atom is 0.234 e. The van der Waals surface area contributed by atoms with Gasteiger partial charge in [-0.3, -0.25) is 14.5 Å². The highest BCUT2D eigenvalue weighted by Gasteiger charge is 2.26. The van der Waals surface area contributed by atoms with E-state index in [4.69, 9.17) is 0 Å². The molecular weight excluding hydrogens is 264 g/mol. The predicted molar refractivity (Wildman–Crippen MR) is 83.2 cm³/mol. The first kappa shape index (κ1) is 15.7. The summed E-state index contributed by atoms with van der Waals surface area (Å²) >= 11 is 0. The van der Waals surface area contributed by atoms with E-state index in [1.807, 2.05) is 44.2 Å². The summed E-state index contributed by atoms with van der Waals surface area (Å²) in [4.78, 5) is 26.2. The van der Waals surface area contributed by atoms with Crippen molar-refractivity contribution in [2.45, 2.75) is 32.7 Å². The molecule has 0 radical (unpaired) electrons. The van der Waals surface area contributed by atoms with Crippen molar-refractivity contribution in [2.24, 2.45) is 5.92 Å². The second-order valence-corrected chi connectivity index (χ2v) is 6.00. The van der Waals surface area contributed by atoms with Crippen molar-refractivity contribution < 1.29 is 9.59 Å². The van der Waals surface area contributed by atoms with Crippen LogP contribution in [0.3, 0.4) is 0 Å². The number of carbonyl (C=O) groups is 2. The van der Waals surface area contributed by atoms with Gasteiger partial charge < -0.3 is 5.32 Å². The maximum absolute atomic E-state index is 12.4. The standard InChI is InChI=1S/C17H24N2O2/c1-13(2)18-16(20)12-19-10-8-15(9-11-19)17(21)14-6-4-3-5-7-14/h3-7,13,15H,8-12H2,1-2H3,(H,18,20). The van der Waals surface area contributed by atoms with Gasteiger partial charge in [0, 0.05) is 17.5 Å². The molecule has 1 aromatic rings. The third-order valence-corrected chi connectivity index (χ3v) is 3.83. The van der Waals surface area contributed by atoms with Crippen molar-refractivity contribution in [3.05, 3.63) is 35.9 Å². The van der Waals surface area contributed by atoms with Crippen LogP contribution in [0.1, 0.15) is 37.0 Å². The zero-order valence-corrected chi connectivity index (χ0v) is 12.8. The van der Waals surface area contributed by atoms with Crippen LogP contribution in [0, 0.1) is 5.92 Å². The summed E-state index contributed by atoms with van der Waals surface area (Å²) in [5.74, 6) is 0.400. The Balaban J connectivity index is 1.81. The van der Waals surface area contributed by atoms with Crippen molar-refractivity contribution in [3.63, 3.8) is 0 Å². The third-order valence-electron chi connectivity index (χ3n) is 3.83. The van der Waals surface area contributed by atoms with Crippen molar-refractivity contribution >= 4 is 11.7 Å². The Morgan fingerprint density at radius 3 is 2.38 bits per heavy atom. The van der Waals surface area contributed by atoms with Crippen LogP contribution in [-0.2, 0) is 4.79 Å². The first-order valence-corrected chi connectivity index (χ1v) is 7.67. The molecule has 0 saturated carbocycles. The quantitative estimate of drug-likeness (QED) is 0.844. The molecule has 0 aromatic heterocycles. The lowest BCUT2D eigenvalue weighted by Gasteiger charge is -2.30. The summed E-state index contributed by atoms with van der Waals surface area (Å²) in [5.41, 5.74) is 0.800. The van der Waals surface area contributed by atoms with Crippen LogP contribution in [0.15, 0.2) is 30.3 Å². The van der Waals surface area contributed by atoms with Gasteiger partial charge in [0.1, 0.15) is 0 Å². The zero-order chi connectivity index (χ0) is 15.2. The fourth-order valence-electron chi connectivity index (χ4n) is 2.76. The van der Waals surface area contributed by atoms with E-state index in [9.17, 15) is 9.59 Å². The Morgan fingerprint density at radius 1 is 1.19 bits per heavy atom. The summed E-state index contributed by atoms with van der Waals surface area (Å²) in [6.45, 7) is 5.99. The number of piperidine rings is 1. The van der Waals surface area contributed by atoms with Crippen LogP contribution in [0.2, 0.25) is 0 Å². The van der Waals surface area contributed by atoms with Crippen molar-refractivity contribution in [3.8, 4) is 0 Å². The number of nitrogens with zero attached hydrogens (tertiary/aromatic N) is 1. The van der Waals surface area contributed by atoms with Gasteiger partial charge in [-0.1, -0.05) is 30.3 Å². The lowest BCUT2D eigenvalue weighted by atomic mass is 9.89. The largest absolute Gasteiger partial charge is 0.353 e. The molecule has 1 heterocycles. The molecule has 1 amide bonds. The van der Waals surface area contributed by atoms with Crippen LogP contribution in [-0.4, -0.2) is 42.3 Å². The van der Waals surface area contributed by atoms with Gasteiger partial charge in [0.25, 0.3) is 0 Å². The lowest BCUT2D eigenvalue weighted by molar-refractivity contribution is -0.123. The first-order valence-electron chi connectivity index (χ1n) is 7.67. The average Bonchev–Trinajstić information content (AvgIpc) is 2.47. The van der Waals surface area contributed by atoms with Crippen LogP contribution in [0.25, 0.3) is 0 Å². The number of rotatable bonds is 5. The smallest absolute Gasteiger partial charge is 0.234 e. The highest BCUT2D eigenvalue weighted by Crippen LogP contribution is 2.21. The highest BCUT2D eigenvalue weighted by molar-refractivity contribution is 5.97. The molecule has 21 heavy (non-hydrogen) atoms. The topological polar surface area (TPSA) is 49.4 Å². The van der Waals surface area contributed by atoms with Crippen LogP contribution in [0.5, 0.6) is 0 Å². The summed E-state index contributed by atoms with van der Waals surface area (Å²) < 4.78 is 0.